The number of methoxy groups -OCH3 is 1. The zero-order valence-corrected chi connectivity index (χ0v) is 15.6. The molecule has 1 saturated heterocycles. The first-order valence-electron chi connectivity index (χ1n) is 9.83. The number of benzene rings is 1. The number of ether oxygens (including phenoxy) is 1. The van der Waals surface area contributed by atoms with Crippen LogP contribution in [-0.4, -0.2) is 53.5 Å². The van der Waals surface area contributed by atoms with Crippen molar-refractivity contribution < 1.29 is 9.64 Å². The molecule has 140 valence electrons. The van der Waals surface area contributed by atoms with E-state index in [2.05, 4.69) is 37.2 Å². The second-order valence-electron chi connectivity index (χ2n) is 7.44. The predicted molar refractivity (Wildman–Crippen MR) is 99.5 cm³/mol. The van der Waals surface area contributed by atoms with E-state index in [1.807, 2.05) is 12.1 Å². The zero-order valence-electron chi connectivity index (χ0n) is 15.6. The van der Waals surface area contributed by atoms with E-state index in [1.54, 1.807) is 12.0 Å². The van der Waals surface area contributed by atoms with Gasteiger partial charge in [-0.05, 0) is 47.5 Å². The van der Waals surface area contributed by atoms with E-state index in [-0.39, 0.29) is 0 Å². The number of tetrazole rings is 1. The van der Waals surface area contributed by atoms with Gasteiger partial charge in [0.15, 0.2) is 0 Å². The average Bonchev–Trinajstić information content (AvgIpc) is 3.17. The first kappa shape index (κ1) is 17.3. The number of nitrogens with one attached hydrogen (secondary N) is 1. The lowest BCUT2D eigenvalue weighted by Gasteiger charge is -2.33. The summed E-state index contributed by atoms with van der Waals surface area (Å²) in [6, 6.07) is 8.87. The van der Waals surface area contributed by atoms with E-state index < -0.39 is 0 Å². The SMILES string of the molecule is COc1ccc(N2CC[NH+](Cc3nnnn3C3CCCCC3)CC2)cc1. The molecule has 0 atom stereocenters. The molecule has 0 unspecified atom stereocenters. The molecule has 4 rings (SSSR count). The lowest BCUT2D eigenvalue weighted by molar-refractivity contribution is -0.915. The molecule has 0 amide bonds. The third kappa shape index (κ3) is 3.82. The largest absolute Gasteiger partial charge is 0.497 e. The quantitative estimate of drug-likeness (QED) is 0.868. The monoisotopic (exact) mass is 357 g/mol. The van der Waals surface area contributed by atoms with Crippen molar-refractivity contribution in [1.29, 1.82) is 0 Å². The van der Waals surface area contributed by atoms with E-state index in [9.17, 15) is 0 Å². The molecule has 2 fully saturated rings. The topological polar surface area (TPSA) is 60.5 Å². The molecular formula is C19H29N6O+. The molecule has 0 bridgehead atoms. The van der Waals surface area contributed by atoms with Crippen LogP contribution in [0.5, 0.6) is 5.75 Å². The van der Waals surface area contributed by atoms with Crippen LogP contribution in [0.1, 0.15) is 44.0 Å². The van der Waals surface area contributed by atoms with Gasteiger partial charge < -0.3 is 14.5 Å². The summed E-state index contributed by atoms with van der Waals surface area (Å²) in [6.07, 6.45) is 6.40. The van der Waals surface area contributed by atoms with E-state index in [0.717, 1.165) is 44.3 Å². The number of nitrogens with zero attached hydrogens (tertiary/aromatic N) is 5. The molecule has 2 aromatic rings. The van der Waals surface area contributed by atoms with Crippen molar-refractivity contribution in [3.8, 4) is 5.75 Å². The van der Waals surface area contributed by atoms with Crippen LogP contribution in [0.15, 0.2) is 24.3 Å². The molecule has 0 spiro atoms. The van der Waals surface area contributed by atoms with Gasteiger partial charge in [0.25, 0.3) is 0 Å². The molecular weight excluding hydrogens is 328 g/mol. The van der Waals surface area contributed by atoms with Crippen LogP contribution < -0.4 is 14.5 Å². The van der Waals surface area contributed by atoms with Crippen molar-refractivity contribution in [3.05, 3.63) is 30.1 Å². The number of piperazine rings is 1. The van der Waals surface area contributed by atoms with Gasteiger partial charge in [0, 0.05) is 5.69 Å². The first-order valence-corrected chi connectivity index (χ1v) is 9.83. The number of rotatable bonds is 5. The highest BCUT2D eigenvalue weighted by Crippen LogP contribution is 2.27. The van der Waals surface area contributed by atoms with Crippen LogP contribution in [-0.2, 0) is 6.54 Å². The Kier molecular flexibility index (Phi) is 5.34. The Bertz CT molecular complexity index is 686. The van der Waals surface area contributed by atoms with E-state index in [0.29, 0.717) is 6.04 Å². The third-order valence-electron chi connectivity index (χ3n) is 5.80. The Hall–Kier alpha value is -2.15. The maximum atomic E-state index is 5.25. The molecule has 26 heavy (non-hydrogen) atoms. The molecule has 1 aromatic heterocycles. The molecule has 2 heterocycles. The number of quaternary nitrogens is 1. The average molecular weight is 357 g/mol. The second-order valence-corrected chi connectivity index (χ2v) is 7.44. The van der Waals surface area contributed by atoms with Crippen LogP contribution in [0.4, 0.5) is 5.69 Å². The van der Waals surface area contributed by atoms with Gasteiger partial charge in [0.2, 0.25) is 5.82 Å². The highest BCUT2D eigenvalue weighted by atomic mass is 16.5. The van der Waals surface area contributed by atoms with E-state index >= 15 is 0 Å². The van der Waals surface area contributed by atoms with Crippen molar-refractivity contribution in [3.63, 3.8) is 0 Å². The molecule has 2 aliphatic rings. The molecule has 1 N–H and O–H groups in total. The molecule has 1 saturated carbocycles. The van der Waals surface area contributed by atoms with Crippen LogP contribution in [0.3, 0.4) is 0 Å². The van der Waals surface area contributed by atoms with Gasteiger partial charge in [-0.3, -0.25) is 0 Å². The lowest BCUT2D eigenvalue weighted by Crippen LogP contribution is -3.13. The fourth-order valence-electron chi connectivity index (χ4n) is 4.21. The third-order valence-corrected chi connectivity index (χ3v) is 5.80. The fraction of sp³-hybridized carbons (Fsp3) is 0.632. The van der Waals surface area contributed by atoms with Crippen molar-refractivity contribution in [2.75, 3.05) is 38.2 Å². The summed E-state index contributed by atoms with van der Waals surface area (Å²) in [5.41, 5.74) is 1.27. The predicted octanol–water partition coefficient (Wildman–Crippen LogP) is 1.09. The smallest absolute Gasteiger partial charge is 0.206 e. The second kappa shape index (κ2) is 8.03. The fourth-order valence-corrected chi connectivity index (χ4v) is 4.21. The Morgan fingerprint density at radius 3 is 2.50 bits per heavy atom. The van der Waals surface area contributed by atoms with Crippen molar-refractivity contribution in [1.82, 2.24) is 20.2 Å². The van der Waals surface area contributed by atoms with E-state index in [1.165, 1.54) is 37.8 Å². The minimum atomic E-state index is 0.508. The van der Waals surface area contributed by atoms with Crippen LogP contribution in [0.2, 0.25) is 0 Å². The number of aromatic nitrogens is 4. The Morgan fingerprint density at radius 2 is 1.81 bits per heavy atom. The normalized spacial score (nSPS) is 19.7. The molecule has 7 heteroatoms. The summed E-state index contributed by atoms with van der Waals surface area (Å²) in [4.78, 5) is 4.02. The minimum absolute atomic E-state index is 0.508. The Balaban J connectivity index is 1.33. The summed E-state index contributed by atoms with van der Waals surface area (Å²) >= 11 is 0. The molecule has 1 aromatic carbocycles. The summed E-state index contributed by atoms with van der Waals surface area (Å²) in [7, 11) is 1.71. The number of anilines is 1. The lowest BCUT2D eigenvalue weighted by atomic mass is 9.95. The van der Waals surface area contributed by atoms with Crippen LogP contribution in [0, 0.1) is 0 Å². The summed E-state index contributed by atoms with van der Waals surface area (Å²) < 4.78 is 7.36. The minimum Gasteiger partial charge on any atom is -0.497 e. The summed E-state index contributed by atoms with van der Waals surface area (Å²) in [6.45, 7) is 5.28. The van der Waals surface area contributed by atoms with Crippen LogP contribution in [0.25, 0.3) is 0 Å². The van der Waals surface area contributed by atoms with Gasteiger partial charge in [-0.25, -0.2) is 4.68 Å². The van der Waals surface area contributed by atoms with Gasteiger partial charge in [0.1, 0.15) is 12.3 Å². The highest BCUT2D eigenvalue weighted by molar-refractivity contribution is 5.49. The molecule has 7 nitrogen and oxygen atoms in total. The van der Waals surface area contributed by atoms with Crippen molar-refractivity contribution in [2.45, 2.75) is 44.7 Å². The standard InChI is InChI=1S/C19H28N6O/c1-26-18-9-7-16(8-10-18)24-13-11-23(12-14-24)15-19-20-21-22-25(19)17-5-3-2-4-6-17/h7-10,17H,2-6,11-15H2,1H3/p+1. The number of hydrogen-bond donors (Lipinski definition) is 1. The maximum Gasteiger partial charge on any atom is 0.206 e. The zero-order chi connectivity index (χ0) is 17.8. The van der Waals surface area contributed by atoms with Crippen molar-refractivity contribution in [2.24, 2.45) is 0 Å². The van der Waals surface area contributed by atoms with Gasteiger partial charge >= 0.3 is 0 Å². The molecule has 1 aliphatic heterocycles. The maximum absolute atomic E-state index is 5.25. The first-order chi connectivity index (χ1) is 12.8. The Morgan fingerprint density at radius 1 is 1.08 bits per heavy atom. The summed E-state index contributed by atoms with van der Waals surface area (Å²) in [5, 5.41) is 12.6. The van der Waals surface area contributed by atoms with E-state index in [4.69, 9.17) is 4.74 Å². The van der Waals surface area contributed by atoms with Crippen LogP contribution >= 0.6 is 0 Å². The number of hydrogen-bond acceptors (Lipinski definition) is 5. The van der Waals surface area contributed by atoms with Crippen molar-refractivity contribution >= 4 is 5.69 Å². The van der Waals surface area contributed by atoms with Gasteiger partial charge in [-0.2, -0.15) is 0 Å². The molecule has 1 aliphatic carbocycles. The molecule has 0 radical (unpaired) electrons. The van der Waals surface area contributed by atoms with Gasteiger partial charge in [-0.1, -0.05) is 19.3 Å². The van der Waals surface area contributed by atoms with Gasteiger partial charge in [-0.15, -0.1) is 5.10 Å². The Labute approximate surface area is 154 Å². The summed E-state index contributed by atoms with van der Waals surface area (Å²) in [5.74, 6) is 1.97. The van der Waals surface area contributed by atoms with Gasteiger partial charge in [0.05, 0.1) is 39.3 Å². The highest BCUT2D eigenvalue weighted by Gasteiger charge is 2.25.